The maximum atomic E-state index is 14.5. The van der Waals surface area contributed by atoms with Gasteiger partial charge in [-0.25, -0.2) is 8.42 Å². The van der Waals surface area contributed by atoms with Gasteiger partial charge in [0.25, 0.3) is 10.0 Å². The number of carbonyl (C=O) groups is 2. The van der Waals surface area contributed by atoms with Gasteiger partial charge >= 0.3 is 0 Å². The van der Waals surface area contributed by atoms with Crippen LogP contribution in [0, 0.1) is 6.92 Å². The zero-order chi connectivity index (χ0) is 32.7. The summed E-state index contributed by atoms with van der Waals surface area (Å²) in [6.45, 7) is 3.13. The quantitative estimate of drug-likeness (QED) is 0.165. The van der Waals surface area contributed by atoms with Crippen molar-refractivity contribution in [3.8, 4) is 0 Å². The lowest BCUT2D eigenvalue weighted by molar-refractivity contribution is -0.140. The molecule has 0 bridgehead atoms. The topological polar surface area (TPSA) is 86.8 Å². The lowest BCUT2D eigenvalue weighted by Crippen LogP contribution is -2.53. The molecule has 1 N–H and O–H groups in total. The molecule has 0 radical (unpaired) electrons. The van der Waals surface area contributed by atoms with Crippen LogP contribution >= 0.6 is 46.4 Å². The van der Waals surface area contributed by atoms with Gasteiger partial charge in [-0.1, -0.05) is 107 Å². The molecule has 7 nitrogen and oxygen atoms in total. The van der Waals surface area contributed by atoms with Gasteiger partial charge in [-0.2, -0.15) is 0 Å². The fourth-order valence-electron chi connectivity index (χ4n) is 4.72. The second-order valence-corrected chi connectivity index (χ2v) is 13.7. The molecule has 0 aliphatic heterocycles. The number of hydrogen-bond acceptors (Lipinski definition) is 4. The Hall–Kier alpha value is -3.27. The Kier molecular flexibility index (Phi) is 11.8. The summed E-state index contributed by atoms with van der Waals surface area (Å²) in [7, 11) is -4.34. The van der Waals surface area contributed by atoms with Gasteiger partial charge in [0, 0.05) is 29.6 Å². The van der Waals surface area contributed by atoms with Gasteiger partial charge < -0.3 is 10.2 Å². The molecule has 4 aromatic rings. The van der Waals surface area contributed by atoms with E-state index < -0.39 is 34.4 Å². The van der Waals surface area contributed by atoms with Crippen LogP contribution in [0.1, 0.15) is 23.6 Å². The number of likely N-dealkylation sites (N-methyl/N-ethyl adjacent to an activating group) is 1. The Morgan fingerprint density at radius 2 is 1.53 bits per heavy atom. The van der Waals surface area contributed by atoms with Crippen LogP contribution in [0.2, 0.25) is 20.1 Å². The molecule has 0 spiro atoms. The molecule has 236 valence electrons. The summed E-state index contributed by atoms with van der Waals surface area (Å²) in [5, 5.41) is 3.57. The van der Waals surface area contributed by atoms with Gasteiger partial charge in [-0.15, -0.1) is 0 Å². The molecule has 12 heteroatoms. The van der Waals surface area contributed by atoms with E-state index in [1.807, 2.05) is 37.3 Å². The van der Waals surface area contributed by atoms with E-state index in [2.05, 4.69) is 5.32 Å². The predicted octanol–water partition coefficient (Wildman–Crippen LogP) is 7.58. The van der Waals surface area contributed by atoms with Crippen LogP contribution in [0.5, 0.6) is 0 Å². The van der Waals surface area contributed by atoms with Crippen molar-refractivity contribution in [1.82, 2.24) is 10.2 Å². The third-order valence-corrected chi connectivity index (χ3v) is 10.2. The Balaban J connectivity index is 1.85. The van der Waals surface area contributed by atoms with Crippen molar-refractivity contribution in [2.24, 2.45) is 0 Å². The third kappa shape index (κ3) is 8.51. The number of nitrogens with one attached hydrogen (secondary N) is 1. The van der Waals surface area contributed by atoms with Crippen LogP contribution in [0.25, 0.3) is 0 Å². The molecule has 0 heterocycles. The van der Waals surface area contributed by atoms with Crippen molar-refractivity contribution in [1.29, 1.82) is 0 Å². The first kappa shape index (κ1) is 34.6. The van der Waals surface area contributed by atoms with E-state index in [-0.39, 0.29) is 38.6 Å². The largest absolute Gasteiger partial charge is 0.355 e. The molecule has 0 saturated heterocycles. The lowest BCUT2D eigenvalue weighted by Gasteiger charge is -2.34. The van der Waals surface area contributed by atoms with Crippen LogP contribution < -0.4 is 9.62 Å². The first-order valence-corrected chi connectivity index (χ1v) is 17.0. The molecule has 1 atom stereocenters. The van der Waals surface area contributed by atoms with Crippen LogP contribution in [-0.2, 0) is 32.6 Å². The first-order chi connectivity index (χ1) is 21.4. The summed E-state index contributed by atoms with van der Waals surface area (Å²) in [6, 6.07) is 23.8. The van der Waals surface area contributed by atoms with Crippen LogP contribution in [-0.4, -0.2) is 44.3 Å². The van der Waals surface area contributed by atoms with E-state index in [1.54, 1.807) is 43.3 Å². The monoisotopic (exact) mass is 705 g/mol. The first-order valence-electron chi connectivity index (χ1n) is 14.0. The third-order valence-electron chi connectivity index (χ3n) is 7.07. The number of benzene rings is 4. The summed E-state index contributed by atoms with van der Waals surface area (Å²) in [6.07, 6.45) is 0.159. The summed E-state index contributed by atoms with van der Waals surface area (Å²) >= 11 is 25.5. The van der Waals surface area contributed by atoms with Gasteiger partial charge in [0.05, 0.1) is 20.6 Å². The SMILES string of the molecule is CCNC(=O)C(Cc1ccccc1)N(Cc1ccc(Cl)cc1Cl)C(=O)CN(c1cccc(Cl)c1Cl)S(=O)(=O)c1ccc(C)cc1. The second kappa shape index (κ2) is 15.3. The van der Waals surface area contributed by atoms with E-state index in [1.165, 1.54) is 29.2 Å². The van der Waals surface area contributed by atoms with Crippen molar-refractivity contribution in [2.45, 2.75) is 37.8 Å². The molecule has 0 aromatic heterocycles. The number of aryl methyl sites for hydroxylation is 1. The van der Waals surface area contributed by atoms with Gasteiger partial charge in [-0.05, 0) is 61.4 Å². The maximum Gasteiger partial charge on any atom is 0.264 e. The summed E-state index contributed by atoms with van der Waals surface area (Å²) < 4.78 is 29.2. The van der Waals surface area contributed by atoms with E-state index in [4.69, 9.17) is 46.4 Å². The van der Waals surface area contributed by atoms with Crippen LogP contribution in [0.3, 0.4) is 0 Å². The number of halogens is 4. The van der Waals surface area contributed by atoms with Crippen molar-refractivity contribution in [3.63, 3.8) is 0 Å². The highest BCUT2D eigenvalue weighted by Crippen LogP contribution is 2.36. The maximum absolute atomic E-state index is 14.5. The molecule has 4 aromatic carbocycles. The fraction of sp³-hybridized carbons (Fsp3) is 0.212. The molecular weight excluding hydrogens is 676 g/mol. The number of rotatable bonds is 12. The smallest absolute Gasteiger partial charge is 0.264 e. The molecule has 4 rings (SSSR count). The minimum absolute atomic E-state index is 0.0141. The lowest BCUT2D eigenvalue weighted by atomic mass is 10.0. The van der Waals surface area contributed by atoms with E-state index >= 15 is 0 Å². The summed E-state index contributed by atoms with van der Waals surface area (Å²) in [4.78, 5) is 29.4. The van der Waals surface area contributed by atoms with Gasteiger partial charge in [0.15, 0.2) is 0 Å². The molecular formula is C33H31Cl4N3O4S. The average Bonchev–Trinajstić information content (AvgIpc) is 3.01. The normalized spacial score (nSPS) is 12.0. The van der Waals surface area contributed by atoms with E-state index in [0.29, 0.717) is 17.1 Å². The van der Waals surface area contributed by atoms with Crippen molar-refractivity contribution in [2.75, 3.05) is 17.4 Å². The molecule has 0 aliphatic rings. The van der Waals surface area contributed by atoms with Gasteiger partial charge in [0.2, 0.25) is 11.8 Å². The Morgan fingerprint density at radius 3 is 2.18 bits per heavy atom. The number of nitrogens with zero attached hydrogens (tertiary/aromatic N) is 2. The van der Waals surface area contributed by atoms with Gasteiger partial charge in [0.1, 0.15) is 12.6 Å². The van der Waals surface area contributed by atoms with Crippen LogP contribution in [0.4, 0.5) is 5.69 Å². The van der Waals surface area contributed by atoms with Gasteiger partial charge in [-0.3, -0.25) is 13.9 Å². The predicted molar refractivity (Wildman–Crippen MR) is 182 cm³/mol. The summed E-state index contributed by atoms with van der Waals surface area (Å²) in [5.41, 5.74) is 2.19. The van der Waals surface area contributed by atoms with E-state index in [0.717, 1.165) is 15.4 Å². The number of sulfonamides is 1. The highest BCUT2D eigenvalue weighted by atomic mass is 35.5. The highest BCUT2D eigenvalue weighted by Gasteiger charge is 2.35. The van der Waals surface area contributed by atoms with Crippen molar-refractivity contribution < 1.29 is 18.0 Å². The Bertz CT molecular complexity index is 1770. The molecule has 0 fully saturated rings. The molecule has 2 amide bonds. The number of anilines is 1. The summed E-state index contributed by atoms with van der Waals surface area (Å²) in [5.74, 6) is -1.08. The Labute approximate surface area is 283 Å². The number of hydrogen-bond donors (Lipinski definition) is 1. The fourth-order valence-corrected chi connectivity index (χ4v) is 7.06. The van der Waals surface area contributed by atoms with Crippen LogP contribution in [0.15, 0.2) is 95.9 Å². The van der Waals surface area contributed by atoms with Crippen molar-refractivity contribution in [3.05, 3.63) is 128 Å². The average molecular weight is 708 g/mol. The zero-order valence-electron chi connectivity index (χ0n) is 24.5. The Morgan fingerprint density at radius 1 is 0.844 bits per heavy atom. The minimum Gasteiger partial charge on any atom is -0.355 e. The second-order valence-electron chi connectivity index (χ2n) is 10.3. The molecule has 0 saturated carbocycles. The highest BCUT2D eigenvalue weighted by molar-refractivity contribution is 7.92. The molecule has 1 unspecified atom stereocenters. The van der Waals surface area contributed by atoms with E-state index in [9.17, 15) is 18.0 Å². The van der Waals surface area contributed by atoms with Crippen molar-refractivity contribution >= 4 is 73.9 Å². The molecule has 45 heavy (non-hydrogen) atoms. The standard InChI is InChI=1S/C33H31Cl4N3O4S/c1-3-38-33(42)30(18-23-8-5-4-6-9-23)39(20-24-14-15-25(34)19-28(24)36)31(41)21-40(29-11-7-10-27(35)32(29)37)45(43,44)26-16-12-22(2)13-17-26/h4-17,19,30H,3,18,20-21H2,1-2H3,(H,38,42). The number of amides is 2. The molecule has 0 aliphatic carbocycles. The minimum atomic E-state index is -4.34. The zero-order valence-corrected chi connectivity index (χ0v) is 28.4. The number of carbonyl (C=O) groups excluding carboxylic acids is 2.